The first-order valence-electron chi connectivity index (χ1n) is 13.7. The van der Waals surface area contributed by atoms with Gasteiger partial charge in [-0.15, -0.1) is 11.8 Å². The minimum atomic E-state index is -2.76. The van der Waals surface area contributed by atoms with E-state index in [9.17, 15) is 23.5 Å². The molecule has 5 aliphatic carbocycles. The minimum Gasteiger partial charge on any atom is -0.481 e. The molecule has 37 heavy (non-hydrogen) atoms. The van der Waals surface area contributed by atoms with Crippen LogP contribution in [0.4, 0.5) is 14.6 Å². The number of hydrogen-bond donors (Lipinski definition) is 2. The van der Waals surface area contributed by atoms with Crippen molar-refractivity contribution in [2.24, 2.45) is 23.7 Å². The molecule has 4 bridgehead atoms. The average Bonchev–Trinajstić information content (AvgIpc) is 3.52. The number of alkyl halides is 2. The molecule has 0 radical (unpaired) electrons. The maximum absolute atomic E-state index is 13.7. The molecule has 7 rings (SSSR count). The molecule has 2 heterocycles. The summed E-state index contributed by atoms with van der Waals surface area (Å²) in [6.45, 7) is -1.69. The summed E-state index contributed by atoms with van der Waals surface area (Å²) in [5.74, 6) is 0.107. The van der Waals surface area contributed by atoms with E-state index < -0.39 is 24.1 Å². The maximum atomic E-state index is 13.7. The number of hydrogen-bond acceptors (Lipinski definition) is 6. The van der Waals surface area contributed by atoms with Crippen molar-refractivity contribution in [3.8, 4) is 0 Å². The molecule has 6 aliphatic rings. The van der Waals surface area contributed by atoms with E-state index >= 15 is 0 Å². The zero-order chi connectivity index (χ0) is 25.7. The third kappa shape index (κ3) is 5.07. The molecule has 1 saturated heterocycles. The Balaban J connectivity index is 1.21. The Kier molecular flexibility index (Phi) is 6.84. The van der Waals surface area contributed by atoms with Crippen LogP contribution in [0.5, 0.6) is 0 Å². The fourth-order valence-electron chi connectivity index (χ4n) is 7.95. The molecule has 0 aromatic carbocycles. The highest BCUT2D eigenvalue weighted by atomic mass is 32.2. The largest absolute Gasteiger partial charge is 0.481 e. The summed E-state index contributed by atoms with van der Waals surface area (Å²) in [4.78, 5) is 32.0. The highest BCUT2D eigenvalue weighted by molar-refractivity contribution is 7.99. The number of ether oxygens (including phenoxy) is 1. The van der Waals surface area contributed by atoms with Crippen molar-refractivity contribution >= 4 is 29.5 Å². The number of rotatable bonds is 8. The van der Waals surface area contributed by atoms with Gasteiger partial charge in [0.15, 0.2) is 0 Å². The number of anilines is 1. The standard InChI is InChI=1S/C27H35F2N3O4S/c28-26(29)36-27-11-15-9-17(12-27)22(18(10-15)13-27)31-23(33)20-5-6-21(32-8-7-16(14-32)25(34)35)30-24(20)37-19-3-1-2-4-19/h5-6,15-19,22,26H,1-4,7-14H2,(H,31,33)(H,34,35)/t15?,16?,17-,18-,22?,27?/m1/s1. The van der Waals surface area contributed by atoms with Gasteiger partial charge in [0.05, 0.1) is 17.1 Å². The second kappa shape index (κ2) is 9.98. The quantitative estimate of drug-likeness (QED) is 0.487. The van der Waals surface area contributed by atoms with Crippen LogP contribution in [-0.2, 0) is 9.53 Å². The number of carboxylic acid groups (broad SMARTS) is 1. The van der Waals surface area contributed by atoms with Gasteiger partial charge in [-0.1, -0.05) is 12.8 Å². The first-order valence-corrected chi connectivity index (χ1v) is 14.6. The Morgan fingerprint density at radius 3 is 2.51 bits per heavy atom. The van der Waals surface area contributed by atoms with Gasteiger partial charge < -0.3 is 20.1 Å². The highest BCUT2D eigenvalue weighted by Gasteiger charge is 2.57. The average molecular weight is 536 g/mol. The number of nitrogens with zero attached hydrogens (tertiary/aromatic N) is 2. The first kappa shape index (κ1) is 25.3. The van der Waals surface area contributed by atoms with Gasteiger partial charge in [-0.2, -0.15) is 8.78 Å². The third-order valence-electron chi connectivity index (χ3n) is 9.39. The molecule has 3 atom stereocenters. The number of aromatic nitrogens is 1. The second-order valence-electron chi connectivity index (χ2n) is 11.8. The van der Waals surface area contributed by atoms with Crippen molar-refractivity contribution in [3.05, 3.63) is 17.7 Å². The number of carbonyl (C=O) groups excluding carboxylic acids is 1. The number of halogens is 2. The maximum Gasteiger partial charge on any atom is 0.345 e. The number of carbonyl (C=O) groups is 2. The van der Waals surface area contributed by atoms with Gasteiger partial charge >= 0.3 is 12.6 Å². The molecule has 6 fully saturated rings. The fraction of sp³-hybridized carbons (Fsp3) is 0.741. The van der Waals surface area contributed by atoms with E-state index in [1.165, 1.54) is 12.8 Å². The monoisotopic (exact) mass is 535 g/mol. The molecule has 202 valence electrons. The van der Waals surface area contributed by atoms with Crippen LogP contribution < -0.4 is 10.2 Å². The summed E-state index contributed by atoms with van der Waals surface area (Å²) in [6, 6.07) is 3.64. The summed E-state index contributed by atoms with van der Waals surface area (Å²) in [5.41, 5.74) is -0.177. The Morgan fingerprint density at radius 2 is 1.86 bits per heavy atom. The van der Waals surface area contributed by atoms with E-state index in [-0.39, 0.29) is 23.8 Å². The molecule has 1 unspecified atom stereocenters. The topological polar surface area (TPSA) is 91.8 Å². The highest BCUT2D eigenvalue weighted by Crippen LogP contribution is 2.57. The van der Waals surface area contributed by atoms with Crippen LogP contribution in [0.3, 0.4) is 0 Å². The molecule has 1 amide bonds. The lowest BCUT2D eigenvalue weighted by atomic mass is 9.52. The van der Waals surface area contributed by atoms with Gasteiger partial charge in [0.2, 0.25) is 0 Å². The smallest absolute Gasteiger partial charge is 0.345 e. The Hall–Kier alpha value is -1.94. The number of aliphatic carboxylic acids is 1. The number of pyridine rings is 1. The SMILES string of the molecule is O=C(NC1[C@@H]2CC3C[C@@H]1CC(OC(F)F)(C3)C2)c1ccc(N2CCC(C(=O)O)C2)nc1SC1CCCC1. The van der Waals surface area contributed by atoms with E-state index in [4.69, 9.17) is 9.72 Å². The molecule has 1 aromatic rings. The van der Waals surface area contributed by atoms with Crippen LogP contribution in [0.2, 0.25) is 0 Å². The van der Waals surface area contributed by atoms with Gasteiger partial charge in [-0.3, -0.25) is 9.59 Å². The normalized spacial score (nSPS) is 35.0. The lowest BCUT2D eigenvalue weighted by molar-refractivity contribution is -0.260. The molecular weight excluding hydrogens is 500 g/mol. The van der Waals surface area contributed by atoms with E-state index in [0.717, 1.165) is 31.5 Å². The Labute approximate surface area is 220 Å². The number of amides is 1. The summed E-state index contributed by atoms with van der Waals surface area (Å²) < 4.78 is 31.5. The van der Waals surface area contributed by atoms with Crippen LogP contribution in [0.25, 0.3) is 0 Å². The molecule has 2 N–H and O–H groups in total. The van der Waals surface area contributed by atoms with Crippen LogP contribution in [0.1, 0.15) is 74.6 Å². The van der Waals surface area contributed by atoms with Gasteiger partial charge in [0, 0.05) is 24.4 Å². The van der Waals surface area contributed by atoms with Crippen molar-refractivity contribution in [2.75, 3.05) is 18.0 Å². The molecule has 5 saturated carbocycles. The fourth-order valence-corrected chi connectivity index (χ4v) is 9.27. The second-order valence-corrected chi connectivity index (χ2v) is 13.1. The number of thioether (sulfide) groups is 1. The van der Waals surface area contributed by atoms with Crippen molar-refractivity contribution in [3.63, 3.8) is 0 Å². The summed E-state index contributed by atoms with van der Waals surface area (Å²) in [6.07, 6.45) is 8.93. The Bertz CT molecular complexity index is 1030. The van der Waals surface area contributed by atoms with Gasteiger partial charge in [0.1, 0.15) is 10.8 Å². The zero-order valence-corrected chi connectivity index (χ0v) is 21.7. The van der Waals surface area contributed by atoms with Crippen molar-refractivity contribution in [2.45, 2.75) is 92.7 Å². The number of carboxylic acids is 1. The zero-order valence-electron chi connectivity index (χ0n) is 20.9. The lowest BCUT2D eigenvalue weighted by Crippen LogP contribution is -2.62. The molecule has 0 spiro atoms. The Morgan fingerprint density at radius 1 is 1.14 bits per heavy atom. The van der Waals surface area contributed by atoms with Gasteiger partial charge in [-0.25, -0.2) is 4.98 Å². The van der Waals surface area contributed by atoms with Crippen LogP contribution in [0, 0.1) is 23.7 Å². The van der Waals surface area contributed by atoms with E-state index in [1.54, 1.807) is 11.8 Å². The van der Waals surface area contributed by atoms with Gasteiger partial charge in [-0.05, 0) is 81.3 Å². The molecule has 7 nitrogen and oxygen atoms in total. The van der Waals surface area contributed by atoms with Crippen molar-refractivity contribution < 1.29 is 28.2 Å². The molecular formula is C27H35F2N3O4S. The predicted octanol–water partition coefficient (Wildman–Crippen LogP) is 4.94. The predicted molar refractivity (Wildman–Crippen MR) is 135 cm³/mol. The van der Waals surface area contributed by atoms with Gasteiger partial charge in [0.25, 0.3) is 5.91 Å². The molecule has 10 heteroatoms. The third-order valence-corrected chi connectivity index (χ3v) is 10.7. The number of nitrogens with one attached hydrogen (secondary N) is 1. The lowest BCUT2D eigenvalue weighted by Gasteiger charge is -2.59. The van der Waals surface area contributed by atoms with E-state index in [1.807, 2.05) is 17.0 Å². The van der Waals surface area contributed by atoms with Crippen molar-refractivity contribution in [1.29, 1.82) is 0 Å². The van der Waals surface area contributed by atoms with E-state index in [0.29, 0.717) is 60.5 Å². The minimum absolute atomic E-state index is 0.0302. The summed E-state index contributed by atoms with van der Waals surface area (Å²) >= 11 is 1.66. The van der Waals surface area contributed by atoms with Crippen LogP contribution in [0.15, 0.2) is 17.2 Å². The first-order chi connectivity index (χ1) is 17.8. The summed E-state index contributed by atoms with van der Waals surface area (Å²) in [7, 11) is 0. The van der Waals surface area contributed by atoms with Crippen LogP contribution in [-0.4, -0.2) is 58.6 Å². The summed E-state index contributed by atoms with van der Waals surface area (Å²) in [5, 5.41) is 13.8. The van der Waals surface area contributed by atoms with Crippen LogP contribution >= 0.6 is 11.8 Å². The molecule has 1 aromatic heterocycles. The molecule has 1 aliphatic heterocycles. The van der Waals surface area contributed by atoms with E-state index in [2.05, 4.69) is 5.32 Å². The van der Waals surface area contributed by atoms with Crippen molar-refractivity contribution in [1.82, 2.24) is 10.3 Å².